The van der Waals surface area contributed by atoms with Crippen molar-refractivity contribution >= 4 is 0 Å². The maximum absolute atomic E-state index is 4.20. The molecule has 0 aromatic carbocycles. The fraction of sp³-hybridized carbons (Fsp3) is 0.543. The molecule has 4 aliphatic carbocycles. The lowest BCUT2D eigenvalue weighted by molar-refractivity contribution is 0.291. The average Bonchev–Trinajstić information content (AvgIpc) is 3.66. The van der Waals surface area contributed by atoms with E-state index in [0.29, 0.717) is 29.6 Å². The molecular formula is C35H49N. The Morgan fingerprint density at radius 2 is 1.92 bits per heavy atom. The molecule has 1 nitrogen and oxygen atoms in total. The SMILES string of the molecule is C=C(/C=C\C)CNC1=C([C@@H]2CC2C2C(C(C)C)=CC(C3=CCC(C)CC=C3)=CC2C(C)C)CCC=C1. The van der Waals surface area contributed by atoms with Crippen LogP contribution in [0.5, 0.6) is 0 Å². The summed E-state index contributed by atoms with van der Waals surface area (Å²) < 4.78 is 0. The van der Waals surface area contributed by atoms with Gasteiger partial charge in [0.25, 0.3) is 0 Å². The zero-order valence-corrected chi connectivity index (χ0v) is 23.7. The second kappa shape index (κ2) is 11.8. The summed E-state index contributed by atoms with van der Waals surface area (Å²) in [6, 6.07) is 0. The van der Waals surface area contributed by atoms with Crippen molar-refractivity contribution in [3.8, 4) is 0 Å². The maximum atomic E-state index is 4.20. The maximum Gasteiger partial charge on any atom is 0.0394 e. The topological polar surface area (TPSA) is 12.0 Å². The van der Waals surface area contributed by atoms with Crippen molar-refractivity contribution in [1.82, 2.24) is 5.32 Å². The predicted molar refractivity (Wildman–Crippen MR) is 157 cm³/mol. The molecule has 0 aliphatic heterocycles. The summed E-state index contributed by atoms with van der Waals surface area (Å²) in [5.74, 6) is 4.72. The van der Waals surface area contributed by atoms with Gasteiger partial charge >= 0.3 is 0 Å². The number of hydrogen-bond acceptors (Lipinski definition) is 1. The highest BCUT2D eigenvalue weighted by atomic mass is 14.9. The van der Waals surface area contributed by atoms with Gasteiger partial charge in [-0.15, -0.1) is 0 Å². The minimum Gasteiger partial charge on any atom is -0.381 e. The Morgan fingerprint density at radius 3 is 2.64 bits per heavy atom. The zero-order chi connectivity index (χ0) is 25.8. The lowest BCUT2D eigenvalue weighted by Crippen LogP contribution is -2.28. The molecule has 0 aromatic rings. The van der Waals surface area contributed by atoms with E-state index in [9.17, 15) is 0 Å². The Bertz CT molecular complexity index is 1030. The van der Waals surface area contributed by atoms with E-state index in [0.717, 1.165) is 24.0 Å². The van der Waals surface area contributed by atoms with Gasteiger partial charge in [-0.3, -0.25) is 0 Å². The fourth-order valence-electron chi connectivity index (χ4n) is 6.62. The Labute approximate surface area is 221 Å². The van der Waals surface area contributed by atoms with Crippen molar-refractivity contribution in [1.29, 1.82) is 0 Å². The third-order valence-electron chi connectivity index (χ3n) is 8.71. The van der Waals surface area contributed by atoms with Gasteiger partial charge in [0.05, 0.1) is 0 Å². The van der Waals surface area contributed by atoms with E-state index in [2.05, 4.69) is 108 Å². The molecule has 0 aromatic heterocycles. The van der Waals surface area contributed by atoms with E-state index in [-0.39, 0.29) is 0 Å². The van der Waals surface area contributed by atoms with Gasteiger partial charge in [0, 0.05) is 12.2 Å². The van der Waals surface area contributed by atoms with Crippen molar-refractivity contribution in [2.24, 2.45) is 41.4 Å². The van der Waals surface area contributed by atoms with Crippen LogP contribution in [-0.2, 0) is 0 Å². The minimum atomic E-state index is 0.581. The van der Waals surface area contributed by atoms with Crippen molar-refractivity contribution in [2.75, 3.05) is 6.54 Å². The van der Waals surface area contributed by atoms with Crippen LogP contribution in [0.15, 0.2) is 94.8 Å². The first-order valence-corrected chi connectivity index (χ1v) is 14.5. The van der Waals surface area contributed by atoms with Crippen LogP contribution in [0.3, 0.4) is 0 Å². The number of rotatable bonds is 9. The largest absolute Gasteiger partial charge is 0.381 e. The molecule has 1 heteroatoms. The highest BCUT2D eigenvalue weighted by Gasteiger charge is 2.50. The molecule has 1 N–H and O–H groups in total. The summed E-state index contributed by atoms with van der Waals surface area (Å²) in [4.78, 5) is 0. The molecule has 0 spiro atoms. The standard InChI is InChI=1S/C35H49N/c1-8-12-26(7)22-36-34-16-10-9-15-29(34)32-21-33(32)35-30(23(2)3)19-28(20-31(35)24(4)5)27-14-11-13-25(6)17-18-27/h8,10-12,14,16,18-20,23-25,30,32-33,35-36H,7,9,13,15,17,21-22H2,1-6H3/b12-8-/t25?,30?,32-,33?,35?/m0/s1. The molecule has 0 amide bonds. The van der Waals surface area contributed by atoms with Crippen LogP contribution in [-0.4, -0.2) is 6.54 Å². The summed E-state index contributed by atoms with van der Waals surface area (Å²) in [5, 5.41) is 3.73. The third kappa shape index (κ3) is 6.16. The quantitative estimate of drug-likeness (QED) is 0.322. The van der Waals surface area contributed by atoms with Crippen LogP contribution in [0, 0.1) is 41.4 Å². The van der Waals surface area contributed by atoms with Crippen molar-refractivity contribution in [3.05, 3.63) is 94.8 Å². The van der Waals surface area contributed by atoms with Gasteiger partial charge in [-0.05, 0) is 109 Å². The van der Waals surface area contributed by atoms with Crippen LogP contribution >= 0.6 is 0 Å². The van der Waals surface area contributed by atoms with E-state index >= 15 is 0 Å². The van der Waals surface area contributed by atoms with Crippen LogP contribution < -0.4 is 5.32 Å². The summed E-state index contributed by atoms with van der Waals surface area (Å²) in [6.07, 6.45) is 27.5. The fourth-order valence-corrected chi connectivity index (χ4v) is 6.62. The van der Waals surface area contributed by atoms with Gasteiger partial charge in [-0.25, -0.2) is 0 Å². The van der Waals surface area contributed by atoms with Gasteiger partial charge in [0.15, 0.2) is 0 Å². The van der Waals surface area contributed by atoms with Crippen LogP contribution in [0.1, 0.15) is 73.6 Å². The molecule has 5 atom stereocenters. The van der Waals surface area contributed by atoms with Crippen molar-refractivity contribution in [3.63, 3.8) is 0 Å². The van der Waals surface area contributed by atoms with Crippen molar-refractivity contribution < 1.29 is 0 Å². The lowest BCUT2D eigenvalue weighted by Gasteiger charge is -2.37. The number of hydrogen-bond donors (Lipinski definition) is 1. The Kier molecular flexibility index (Phi) is 8.81. The molecular weight excluding hydrogens is 434 g/mol. The summed E-state index contributed by atoms with van der Waals surface area (Å²) in [6.45, 7) is 19.2. The van der Waals surface area contributed by atoms with Gasteiger partial charge in [0.1, 0.15) is 0 Å². The first-order chi connectivity index (χ1) is 17.3. The summed E-state index contributed by atoms with van der Waals surface area (Å²) in [5.41, 5.74) is 8.78. The average molecular weight is 484 g/mol. The van der Waals surface area contributed by atoms with Gasteiger partial charge < -0.3 is 5.32 Å². The van der Waals surface area contributed by atoms with Gasteiger partial charge in [0.2, 0.25) is 0 Å². The lowest BCUT2D eigenvalue weighted by atomic mass is 9.68. The molecule has 194 valence electrons. The number of nitrogens with one attached hydrogen (secondary N) is 1. The van der Waals surface area contributed by atoms with Crippen LogP contribution in [0.25, 0.3) is 0 Å². The first kappa shape index (κ1) is 26.8. The van der Waals surface area contributed by atoms with E-state index in [4.69, 9.17) is 0 Å². The van der Waals surface area contributed by atoms with E-state index in [1.54, 1.807) is 11.1 Å². The van der Waals surface area contributed by atoms with E-state index in [1.807, 2.05) is 0 Å². The molecule has 0 bridgehead atoms. The van der Waals surface area contributed by atoms with Gasteiger partial charge in [-0.2, -0.15) is 0 Å². The second-order valence-corrected chi connectivity index (χ2v) is 12.3. The molecule has 0 radical (unpaired) electrons. The monoisotopic (exact) mass is 483 g/mol. The van der Waals surface area contributed by atoms with Crippen LogP contribution in [0.2, 0.25) is 0 Å². The third-order valence-corrected chi connectivity index (χ3v) is 8.71. The molecule has 4 unspecified atom stereocenters. The summed E-state index contributed by atoms with van der Waals surface area (Å²) >= 11 is 0. The molecule has 4 rings (SSSR count). The smallest absolute Gasteiger partial charge is 0.0394 e. The number of allylic oxidation sites excluding steroid dienone is 12. The normalized spacial score (nSPS) is 30.4. The minimum absolute atomic E-state index is 0.581. The molecule has 0 heterocycles. The highest BCUT2D eigenvalue weighted by molar-refractivity contribution is 5.52. The zero-order valence-electron chi connectivity index (χ0n) is 23.7. The predicted octanol–water partition coefficient (Wildman–Crippen LogP) is 9.27. The highest BCUT2D eigenvalue weighted by Crippen LogP contribution is 2.58. The van der Waals surface area contributed by atoms with Crippen molar-refractivity contribution in [2.45, 2.75) is 73.6 Å². The van der Waals surface area contributed by atoms with E-state index in [1.165, 1.54) is 48.9 Å². The van der Waals surface area contributed by atoms with Gasteiger partial charge in [-0.1, -0.05) is 95.4 Å². The Morgan fingerprint density at radius 1 is 1.11 bits per heavy atom. The summed E-state index contributed by atoms with van der Waals surface area (Å²) in [7, 11) is 0. The molecule has 0 saturated heterocycles. The molecule has 1 fully saturated rings. The van der Waals surface area contributed by atoms with Crippen LogP contribution in [0.4, 0.5) is 0 Å². The molecule has 1 saturated carbocycles. The first-order valence-electron chi connectivity index (χ1n) is 14.5. The molecule has 36 heavy (non-hydrogen) atoms. The molecule has 4 aliphatic rings. The second-order valence-electron chi connectivity index (χ2n) is 12.3. The van der Waals surface area contributed by atoms with E-state index < -0.39 is 0 Å². The Balaban J connectivity index is 1.60. The Hall–Kier alpha value is -2.28.